The molecule has 1 aliphatic heterocycles. The molecule has 0 atom stereocenters. The Morgan fingerprint density at radius 1 is 1.35 bits per heavy atom. The molecule has 1 aromatic rings. The van der Waals surface area contributed by atoms with Crippen molar-refractivity contribution in [3.63, 3.8) is 0 Å². The third-order valence-electron chi connectivity index (χ3n) is 2.44. The third-order valence-corrected chi connectivity index (χ3v) is 4.24. The number of para-hydroxylation sites is 1. The highest BCUT2D eigenvalue weighted by Crippen LogP contribution is 2.29. The third kappa shape index (κ3) is 2.15. The topological polar surface area (TPSA) is 73.5 Å². The van der Waals surface area contributed by atoms with Gasteiger partial charge in [0.1, 0.15) is 11.2 Å². The Morgan fingerprint density at radius 2 is 2.12 bits per heavy atom. The number of rotatable bonds is 3. The van der Waals surface area contributed by atoms with Crippen molar-refractivity contribution in [3.05, 3.63) is 24.3 Å². The standard InChI is InChI=1S/C11H11N3O2S/c12-7-3-4-8-14-9-13-10-5-1-2-6-11(10)17(14,15)16/h1-2,5-6,9H,3-4,8H2. The molecule has 88 valence electrons. The highest BCUT2D eigenvalue weighted by molar-refractivity contribution is 7.89. The summed E-state index contributed by atoms with van der Waals surface area (Å²) in [5.41, 5.74) is 0.462. The van der Waals surface area contributed by atoms with Crippen LogP contribution in [0.2, 0.25) is 0 Å². The lowest BCUT2D eigenvalue weighted by atomic mass is 10.3. The summed E-state index contributed by atoms with van der Waals surface area (Å²) in [5.74, 6) is 0. The summed E-state index contributed by atoms with van der Waals surface area (Å²) in [6, 6.07) is 8.61. The predicted octanol–water partition coefficient (Wildman–Crippen LogP) is 1.65. The SMILES string of the molecule is N#CCCCN1C=Nc2ccccc2S1(=O)=O. The van der Waals surface area contributed by atoms with Crippen LogP contribution in [0.15, 0.2) is 34.2 Å². The lowest BCUT2D eigenvalue weighted by molar-refractivity contribution is 0.517. The minimum absolute atomic E-state index is 0.222. The zero-order valence-electron chi connectivity index (χ0n) is 9.07. The van der Waals surface area contributed by atoms with Crippen LogP contribution in [0, 0.1) is 11.3 Å². The maximum Gasteiger partial charge on any atom is 0.267 e. The van der Waals surface area contributed by atoms with Crippen LogP contribution in [-0.4, -0.2) is 25.6 Å². The first-order valence-electron chi connectivity index (χ1n) is 5.18. The molecule has 0 N–H and O–H groups in total. The maximum atomic E-state index is 12.2. The van der Waals surface area contributed by atoms with Gasteiger partial charge in [-0.05, 0) is 18.6 Å². The second-order valence-corrected chi connectivity index (χ2v) is 5.45. The number of nitriles is 1. The van der Waals surface area contributed by atoms with Crippen molar-refractivity contribution in [3.8, 4) is 6.07 Å². The van der Waals surface area contributed by atoms with Crippen LogP contribution in [0.5, 0.6) is 0 Å². The molecule has 1 aromatic carbocycles. The zero-order chi connectivity index (χ0) is 12.3. The summed E-state index contributed by atoms with van der Waals surface area (Å²) in [6.45, 7) is 0.285. The first-order valence-corrected chi connectivity index (χ1v) is 6.62. The molecular formula is C11H11N3O2S. The van der Waals surface area contributed by atoms with E-state index in [-0.39, 0.29) is 11.4 Å². The van der Waals surface area contributed by atoms with E-state index in [0.717, 1.165) is 0 Å². The van der Waals surface area contributed by atoms with Crippen LogP contribution < -0.4 is 0 Å². The molecule has 0 radical (unpaired) electrons. The fourth-order valence-corrected chi connectivity index (χ4v) is 3.02. The Labute approximate surface area is 100 Å². The van der Waals surface area contributed by atoms with Gasteiger partial charge in [0.2, 0.25) is 0 Å². The van der Waals surface area contributed by atoms with Gasteiger partial charge < -0.3 is 0 Å². The van der Waals surface area contributed by atoms with Gasteiger partial charge in [-0.25, -0.2) is 13.4 Å². The summed E-state index contributed by atoms with van der Waals surface area (Å²) in [4.78, 5) is 4.31. The number of aliphatic imine (C=N–C) groups is 1. The van der Waals surface area contributed by atoms with Crippen LogP contribution in [-0.2, 0) is 10.0 Å². The van der Waals surface area contributed by atoms with E-state index in [1.54, 1.807) is 24.3 Å². The van der Waals surface area contributed by atoms with Gasteiger partial charge >= 0.3 is 0 Å². The normalized spacial score (nSPS) is 16.3. The first-order chi connectivity index (χ1) is 8.16. The quantitative estimate of drug-likeness (QED) is 0.764. The molecule has 17 heavy (non-hydrogen) atoms. The van der Waals surface area contributed by atoms with Gasteiger partial charge in [0.15, 0.2) is 0 Å². The van der Waals surface area contributed by atoms with Gasteiger partial charge in [-0.1, -0.05) is 12.1 Å². The van der Waals surface area contributed by atoms with Crippen molar-refractivity contribution in [2.75, 3.05) is 6.54 Å². The minimum Gasteiger partial charge on any atom is -0.256 e. The molecule has 0 saturated heterocycles. The Balaban J connectivity index is 2.29. The van der Waals surface area contributed by atoms with E-state index in [9.17, 15) is 8.42 Å². The monoisotopic (exact) mass is 249 g/mol. The van der Waals surface area contributed by atoms with Crippen LogP contribution in [0.3, 0.4) is 0 Å². The summed E-state index contributed by atoms with van der Waals surface area (Å²) in [7, 11) is -3.49. The van der Waals surface area contributed by atoms with Crippen molar-refractivity contribution in [2.45, 2.75) is 17.7 Å². The van der Waals surface area contributed by atoms with Crippen LogP contribution >= 0.6 is 0 Å². The molecular weight excluding hydrogens is 238 g/mol. The second kappa shape index (κ2) is 4.55. The van der Waals surface area contributed by atoms with Crippen molar-refractivity contribution in [1.82, 2.24) is 4.31 Å². The van der Waals surface area contributed by atoms with E-state index in [2.05, 4.69) is 4.99 Å². The van der Waals surface area contributed by atoms with Crippen molar-refractivity contribution >= 4 is 22.0 Å². The minimum atomic E-state index is -3.49. The van der Waals surface area contributed by atoms with E-state index in [1.807, 2.05) is 6.07 Å². The molecule has 0 unspecified atom stereocenters. The van der Waals surface area contributed by atoms with Gasteiger partial charge in [-0.15, -0.1) is 0 Å². The highest BCUT2D eigenvalue weighted by Gasteiger charge is 2.27. The summed E-state index contributed by atoms with van der Waals surface area (Å²) in [6.07, 6.45) is 2.15. The summed E-state index contributed by atoms with van der Waals surface area (Å²) in [5, 5.41) is 8.43. The number of benzene rings is 1. The lowest BCUT2D eigenvalue weighted by Crippen LogP contribution is -2.32. The smallest absolute Gasteiger partial charge is 0.256 e. The molecule has 0 aliphatic carbocycles. The summed E-state index contributed by atoms with van der Waals surface area (Å²) >= 11 is 0. The molecule has 5 nitrogen and oxygen atoms in total. The van der Waals surface area contributed by atoms with Crippen molar-refractivity contribution in [1.29, 1.82) is 5.26 Å². The molecule has 2 rings (SSSR count). The molecule has 0 spiro atoms. The van der Waals surface area contributed by atoms with Crippen molar-refractivity contribution in [2.24, 2.45) is 4.99 Å². The van der Waals surface area contributed by atoms with Crippen LogP contribution in [0.1, 0.15) is 12.8 Å². The molecule has 0 aromatic heterocycles. The average Bonchev–Trinajstić information content (AvgIpc) is 2.32. The van der Waals surface area contributed by atoms with E-state index in [4.69, 9.17) is 5.26 Å². The zero-order valence-corrected chi connectivity index (χ0v) is 9.89. The number of fused-ring (bicyclic) bond motifs is 1. The fourth-order valence-electron chi connectivity index (χ4n) is 1.59. The Hall–Kier alpha value is -1.87. The largest absolute Gasteiger partial charge is 0.267 e. The maximum absolute atomic E-state index is 12.2. The first kappa shape index (κ1) is 11.6. The number of hydrogen-bond acceptors (Lipinski definition) is 4. The number of hydrogen-bond donors (Lipinski definition) is 0. The van der Waals surface area contributed by atoms with Gasteiger partial charge in [0.05, 0.1) is 11.8 Å². The van der Waals surface area contributed by atoms with Crippen LogP contribution in [0.25, 0.3) is 0 Å². The number of sulfonamides is 1. The van der Waals surface area contributed by atoms with E-state index >= 15 is 0 Å². The Morgan fingerprint density at radius 3 is 2.88 bits per heavy atom. The van der Waals surface area contributed by atoms with Gasteiger partial charge in [-0.3, -0.25) is 4.31 Å². The predicted molar refractivity (Wildman–Crippen MR) is 63.3 cm³/mol. The lowest BCUT2D eigenvalue weighted by Gasteiger charge is -2.23. The molecule has 0 amide bonds. The fraction of sp³-hybridized carbons (Fsp3) is 0.273. The van der Waals surface area contributed by atoms with Gasteiger partial charge in [0.25, 0.3) is 10.0 Å². The van der Waals surface area contributed by atoms with E-state index < -0.39 is 10.0 Å². The van der Waals surface area contributed by atoms with Crippen molar-refractivity contribution < 1.29 is 8.42 Å². The van der Waals surface area contributed by atoms with E-state index in [0.29, 0.717) is 18.5 Å². The molecule has 6 heteroatoms. The highest BCUT2D eigenvalue weighted by atomic mass is 32.2. The molecule has 0 bridgehead atoms. The molecule has 0 saturated carbocycles. The Kier molecular flexibility index (Phi) is 3.11. The summed E-state index contributed by atoms with van der Waals surface area (Å²) < 4.78 is 25.5. The van der Waals surface area contributed by atoms with E-state index in [1.165, 1.54) is 10.6 Å². The van der Waals surface area contributed by atoms with Gasteiger partial charge in [0, 0.05) is 13.0 Å². The second-order valence-electron chi connectivity index (χ2n) is 3.59. The number of nitrogens with zero attached hydrogens (tertiary/aromatic N) is 3. The molecule has 0 fully saturated rings. The van der Waals surface area contributed by atoms with Gasteiger partial charge in [-0.2, -0.15) is 5.26 Å². The molecule has 1 aliphatic rings. The average molecular weight is 249 g/mol. The Bertz CT molecular complexity index is 587. The number of unbranched alkanes of at least 4 members (excludes halogenated alkanes) is 1. The van der Waals surface area contributed by atoms with Crippen LogP contribution in [0.4, 0.5) is 5.69 Å². The molecule has 1 heterocycles.